The molecule has 8 rings (SSSR count). The maximum Gasteiger partial charge on any atom is 0.373 e. The van der Waals surface area contributed by atoms with Crippen LogP contribution in [0.1, 0.15) is 27.0 Å². The molecule has 0 spiro atoms. The van der Waals surface area contributed by atoms with E-state index in [0.717, 1.165) is 56.5 Å². The number of carbonyl (C=O) groups excluding carboxylic acids is 3. The van der Waals surface area contributed by atoms with Crippen LogP contribution in [0.5, 0.6) is 11.5 Å². The first-order valence-electron chi connectivity index (χ1n) is 18.6. The lowest BCUT2D eigenvalue weighted by molar-refractivity contribution is -0.191. The summed E-state index contributed by atoms with van der Waals surface area (Å²) in [6.45, 7) is 3.19. The number of aromatic nitrogens is 8. The number of methoxy groups -OCH3 is 3. The highest BCUT2D eigenvalue weighted by atomic mass is 35.5. The molecule has 2 aromatic heterocycles. The fraction of sp³-hybridized carbons (Fsp3) is 0.130. The molecule has 6 aromatic carbocycles. The first-order chi connectivity index (χ1) is 29.8. The van der Waals surface area contributed by atoms with Gasteiger partial charge in [-0.15, -0.1) is 10.2 Å². The minimum atomic E-state index is -0.346. The Kier molecular flexibility index (Phi) is 16.7. The summed E-state index contributed by atoms with van der Waals surface area (Å²) in [6, 6.07) is 48.9. The molecule has 0 bridgehead atoms. The van der Waals surface area contributed by atoms with Gasteiger partial charge in [0.2, 0.25) is 0 Å². The number of aryl methyl sites for hydroxylation is 1. The Bertz CT molecular complexity index is 2630. The molecule has 0 aliphatic carbocycles. The summed E-state index contributed by atoms with van der Waals surface area (Å²) in [5.41, 5.74) is 8.06. The van der Waals surface area contributed by atoms with Gasteiger partial charge < -0.3 is 14.2 Å². The second-order valence-electron chi connectivity index (χ2n) is 12.8. The summed E-state index contributed by atoms with van der Waals surface area (Å²) >= 11 is 5.61. The van der Waals surface area contributed by atoms with Gasteiger partial charge in [-0.2, -0.15) is 9.59 Å². The van der Waals surface area contributed by atoms with Crippen LogP contribution in [0.25, 0.3) is 33.9 Å². The molecular weight excluding hydrogens is 796 g/mol. The zero-order chi connectivity index (χ0) is 43.4. The van der Waals surface area contributed by atoms with Crippen molar-refractivity contribution in [2.24, 2.45) is 0 Å². The standard InChI is InChI=1S/C22H20N4O.C15H14N4O.C8H7ClO2.CO2/c1-16-11-13-17(14-12-16)19-8-4-5-9-20(19)22-23-24-25-26(22)15-18-7-3-6-10-21(18)27-2;1-20-14-10-6-5-9-13(14)11-19-15(16-17-18-19)12-7-3-2-4-8-12;1-11-8(10)6-2-4-7(9)5-3-6;2-1-3/h3-14H,15H2,1-2H3;2-10H,11H2,1H3;2-5H,1H3;. The molecule has 2 heterocycles. The molecule has 0 aliphatic rings. The third kappa shape index (κ3) is 12.4. The number of tetrazole rings is 2. The highest BCUT2D eigenvalue weighted by Crippen LogP contribution is 2.31. The lowest BCUT2D eigenvalue weighted by Crippen LogP contribution is -2.06. The molecule has 0 unspecified atom stereocenters. The minimum absolute atomic E-state index is 0.250. The molecule has 0 N–H and O–H groups in total. The van der Waals surface area contributed by atoms with E-state index < -0.39 is 0 Å². The lowest BCUT2D eigenvalue weighted by Gasteiger charge is -2.12. The van der Waals surface area contributed by atoms with Gasteiger partial charge >= 0.3 is 12.1 Å². The Morgan fingerprint density at radius 3 is 1.59 bits per heavy atom. The van der Waals surface area contributed by atoms with Crippen molar-refractivity contribution < 1.29 is 28.6 Å². The van der Waals surface area contributed by atoms with E-state index >= 15 is 0 Å². The number of para-hydroxylation sites is 2. The van der Waals surface area contributed by atoms with Crippen LogP contribution < -0.4 is 9.47 Å². The molecular formula is C46H41ClN8O6. The largest absolute Gasteiger partial charge is 0.496 e. The average Bonchev–Trinajstić information content (AvgIpc) is 3.98. The van der Waals surface area contributed by atoms with Crippen LogP contribution in [-0.4, -0.2) is 73.9 Å². The topological polar surface area (TPSA) is 166 Å². The summed E-state index contributed by atoms with van der Waals surface area (Å²) < 4.78 is 18.9. The van der Waals surface area contributed by atoms with Crippen molar-refractivity contribution in [2.45, 2.75) is 20.0 Å². The molecule has 15 heteroatoms. The number of carbonyl (C=O) groups is 1. The molecule has 0 atom stereocenters. The van der Waals surface area contributed by atoms with Gasteiger partial charge in [0.1, 0.15) is 11.5 Å². The van der Waals surface area contributed by atoms with Crippen LogP contribution >= 0.6 is 11.6 Å². The summed E-state index contributed by atoms with van der Waals surface area (Å²) in [7, 11) is 4.68. The van der Waals surface area contributed by atoms with Gasteiger partial charge in [0.15, 0.2) is 11.6 Å². The zero-order valence-corrected chi connectivity index (χ0v) is 34.5. The van der Waals surface area contributed by atoms with E-state index in [2.05, 4.69) is 79.1 Å². The Hall–Kier alpha value is -7.80. The van der Waals surface area contributed by atoms with Crippen molar-refractivity contribution in [1.82, 2.24) is 40.4 Å². The predicted octanol–water partition coefficient (Wildman–Crippen LogP) is 8.31. The fourth-order valence-corrected chi connectivity index (χ4v) is 6.09. The van der Waals surface area contributed by atoms with Crippen LogP contribution in [0.4, 0.5) is 0 Å². The van der Waals surface area contributed by atoms with E-state index in [-0.39, 0.29) is 12.1 Å². The zero-order valence-electron chi connectivity index (χ0n) is 33.8. The molecule has 0 radical (unpaired) electrons. The SMILES string of the molecule is COC(=O)c1ccc(Cl)cc1.COc1ccccc1Cn1nnnc1-c1ccccc1.COc1ccccc1Cn1nnnc1-c1ccccc1-c1ccc(C)cc1.O=C=O. The van der Waals surface area contributed by atoms with Gasteiger partial charge in [-0.1, -0.05) is 132 Å². The van der Waals surface area contributed by atoms with E-state index in [1.165, 1.54) is 12.7 Å². The second-order valence-corrected chi connectivity index (χ2v) is 13.2. The highest BCUT2D eigenvalue weighted by molar-refractivity contribution is 6.30. The van der Waals surface area contributed by atoms with E-state index in [1.54, 1.807) is 43.2 Å². The quantitative estimate of drug-likeness (QED) is 0.121. The minimum Gasteiger partial charge on any atom is -0.496 e. The maximum absolute atomic E-state index is 10.9. The number of nitrogens with zero attached hydrogens (tertiary/aromatic N) is 8. The number of esters is 1. The van der Waals surface area contributed by atoms with Crippen molar-refractivity contribution in [3.05, 3.63) is 179 Å². The second kappa shape index (κ2) is 23.0. The fourth-order valence-electron chi connectivity index (χ4n) is 5.97. The molecule has 61 heavy (non-hydrogen) atoms. The monoisotopic (exact) mass is 836 g/mol. The van der Waals surface area contributed by atoms with Crippen LogP contribution in [0.15, 0.2) is 152 Å². The highest BCUT2D eigenvalue weighted by Gasteiger charge is 2.16. The molecule has 0 saturated carbocycles. The summed E-state index contributed by atoms with van der Waals surface area (Å²) in [5, 5.41) is 25.0. The first kappa shape index (κ1) is 44.3. The normalized spacial score (nSPS) is 9.98. The maximum atomic E-state index is 10.9. The van der Waals surface area contributed by atoms with Crippen molar-refractivity contribution in [3.63, 3.8) is 0 Å². The first-order valence-corrected chi connectivity index (χ1v) is 19.0. The van der Waals surface area contributed by atoms with Crippen molar-refractivity contribution >= 4 is 23.7 Å². The summed E-state index contributed by atoms with van der Waals surface area (Å²) in [4.78, 5) is 27.1. The van der Waals surface area contributed by atoms with Gasteiger partial charge in [-0.25, -0.2) is 14.2 Å². The van der Waals surface area contributed by atoms with Crippen molar-refractivity contribution in [1.29, 1.82) is 0 Å². The van der Waals surface area contributed by atoms with Gasteiger partial charge in [-0.05, 0) is 75.3 Å². The lowest BCUT2D eigenvalue weighted by atomic mass is 9.98. The summed E-state index contributed by atoms with van der Waals surface area (Å²) in [5.74, 6) is 2.79. The van der Waals surface area contributed by atoms with Crippen LogP contribution in [0.3, 0.4) is 0 Å². The van der Waals surface area contributed by atoms with Crippen molar-refractivity contribution in [2.75, 3.05) is 21.3 Å². The number of rotatable bonds is 10. The van der Waals surface area contributed by atoms with E-state index in [9.17, 15) is 4.79 Å². The summed E-state index contributed by atoms with van der Waals surface area (Å²) in [6.07, 6.45) is 0.250. The third-order valence-corrected chi connectivity index (χ3v) is 9.17. The Balaban J connectivity index is 0.000000181. The third-order valence-electron chi connectivity index (χ3n) is 8.92. The number of halogens is 1. The predicted molar refractivity (Wildman–Crippen MR) is 229 cm³/mol. The average molecular weight is 837 g/mol. The molecule has 14 nitrogen and oxygen atoms in total. The number of hydrogen-bond donors (Lipinski definition) is 0. The van der Waals surface area contributed by atoms with Gasteiger partial charge in [0, 0.05) is 27.3 Å². The van der Waals surface area contributed by atoms with Gasteiger partial charge in [0.05, 0.1) is 40.0 Å². The van der Waals surface area contributed by atoms with Crippen LogP contribution in [-0.2, 0) is 27.4 Å². The number of ether oxygens (including phenoxy) is 3. The Morgan fingerprint density at radius 2 is 1.05 bits per heavy atom. The number of hydrogen-bond acceptors (Lipinski definition) is 12. The Morgan fingerprint density at radius 1 is 0.574 bits per heavy atom. The molecule has 0 fully saturated rings. The number of benzene rings is 6. The molecule has 0 saturated heterocycles. The smallest absolute Gasteiger partial charge is 0.373 e. The van der Waals surface area contributed by atoms with E-state index in [4.69, 9.17) is 30.7 Å². The molecule has 0 amide bonds. The van der Waals surface area contributed by atoms with Crippen LogP contribution in [0.2, 0.25) is 5.02 Å². The van der Waals surface area contributed by atoms with Gasteiger partial charge in [-0.3, -0.25) is 0 Å². The molecule has 0 aliphatic heterocycles. The van der Waals surface area contributed by atoms with Crippen LogP contribution in [0, 0.1) is 6.92 Å². The Labute approximate surface area is 357 Å². The van der Waals surface area contributed by atoms with E-state index in [0.29, 0.717) is 23.7 Å². The van der Waals surface area contributed by atoms with Crippen molar-refractivity contribution in [3.8, 4) is 45.4 Å². The molecule has 8 aromatic rings. The van der Waals surface area contributed by atoms with E-state index in [1.807, 2.05) is 95.7 Å². The van der Waals surface area contributed by atoms with Gasteiger partial charge in [0.25, 0.3) is 0 Å². The molecule has 308 valence electrons.